The molecule has 0 bridgehead atoms. The summed E-state index contributed by atoms with van der Waals surface area (Å²) in [6, 6.07) is 17.3. The van der Waals surface area contributed by atoms with Gasteiger partial charge in [-0.15, -0.1) is 0 Å². The Morgan fingerprint density at radius 2 is 1.76 bits per heavy atom. The predicted molar refractivity (Wildman–Crippen MR) is 126 cm³/mol. The van der Waals surface area contributed by atoms with Gasteiger partial charge in [0.15, 0.2) is 0 Å². The molecule has 7 heteroatoms. The van der Waals surface area contributed by atoms with Crippen LogP contribution in [0.15, 0.2) is 78.6 Å². The number of aliphatic hydroxyl groups excluding tert-OH is 1. The number of aromatic nitrogens is 1. The molecule has 0 aliphatic carbocycles. The fraction of sp³-hybridized carbons (Fsp3) is 0.192. The molecule has 1 unspecified atom stereocenters. The molecule has 1 amide bonds. The van der Waals surface area contributed by atoms with E-state index in [4.69, 9.17) is 4.74 Å². The van der Waals surface area contributed by atoms with Gasteiger partial charge in [-0.25, -0.2) is 0 Å². The zero-order chi connectivity index (χ0) is 23.5. The Morgan fingerprint density at radius 1 is 1.06 bits per heavy atom. The smallest absolute Gasteiger partial charge is 0.295 e. The topological polar surface area (TPSA) is 83.0 Å². The van der Waals surface area contributed by atoms with Gasteiger partial charge in [0.1, 0.15) is 11.5 Å². The van der Waals surface area contributed by atoms with Crippen LogP contribution in [0.3, 0.4) is 0 Å². The standard InChI is InChI=1S/C26H25N3O4/c1-28(2)20-9-7-18(8-10-20)23-22(24(30)19-5-4-6-21(15-19)33-3)25(31)26(32)29(23)16-17-11-13-27-14-12-17/h4-15,23,30H,16H2,1-3H3/b24-22+. The summed E-state index contributed by atoms with van der Waals surface area (Å²) in [5.41, 5.74) is 3.02. The van der Waals surface area contributed by atoms with Gasteiger partial charge in [0.2, 0.25) is 0 Å². The number of carbonyl (C=O) groups excluding carboxylic acids is 2. The minimum Gasteiger partial charge on any atom is -0.507 e. The van der Waals surface area contributed by atoms with Crippen molar-refractivity contribution in [2.75, 3.05) is 26.1 Å². The van der Waals surface area contributed by atoms with Crippen LogP contribution in [0.5, 0.6) is 5.75 Å². The highest BCUT2D eigenvalue weighted by atomic mass is 16.5. The summed E-state index contributed by atoms with van der Waals surface area (Å²) in [5, 5.41) is 11.2. The van der Waals surface area contributed by atoms with Gasteiger partial charge in [0, 0.05) is 44.3 Å². The number of amides is 1. The maximum Gasteiger partial charge on any atom is 0.295 e. The number of ether oxygens (including phenoxy) is 1. The zero-order valence-electron chi connectivity index (χ0n) is 18.7. The Kier molecular flexibility index (Phi) is 6.13. The maximum atomic E-state index is 13.2. The molecule has 7 nitrogen and oxygen atoms in total. The van der Waals surface area contributed by atoms with Crippen LogP contribution in [-0.4, -0.2) is 47.9 Å². The summed E-state index contributed by atoms with van der Waals surface area (Å²) in [7, 11) is 5.40. The second kappa shape index (κ2) is 9.16. The Hall–Kier alpha value is -4.13. The number of aliphatic hydroxyl groups is 1. The molecule has 33 heavy (non-hydrogen) atoms. The van der Waals surface area contributed by atoms with Crippen LogP contribution in [0.25, 0.3) is 5.76 Å². The largest absolute Gasteiger partial charge is 0.507 e. The van der Waals surface area contributed by atoms with E-state index in [-0.39, 0.29) is 17.9 Å². The van der Waals surface area contributed by atoms with E-state index in [9.17, 15) is 14.7 Å². The number of nitrogens with zero attached hydrogens (tertiary/aromatic N) is 3. The first-order valence-electron chi connectivity index (χ1n) is 10.5. The molecule has 1 N–H and O–H groups in total. The molecule has 1 aromatic heterocycles. The van der Waals surface area contributed by atoms with Gasteiger partial charge in [0.05, 0.1) is 18.7 Å². The second-order valence-corrected chi connectivity index (χ2v) is 8.00. The number of pyridine rings is 1. The average Bonchev–Trinajstić information content (AvgIpc) is 3.09. The number of anilines is 1. The molecule has 2 aromatic carbocycles. The highest BCUT2D eigenvalue weighted by molar-refractivity contribution is 6.46. The van der Waals surface area contributed by atoms with E-state index in [1.165, 1.54) is 12.0 Å². The number of carbonyl (C=O) groups is 2. The van der Waals surface area contributed by atoms with Crippen molar-refractivity contribution in [1.82, 2.24) is 9.88 Å². The molecular formula is C26H25N3O4. The Bertz CT molecular complexity index is 1200. The first-order valence-corrected chi connectivity index (χ1v) is 10.5. The van der Waals surface area contributed by atoms with Crippen LogP contribution >= 0.6 is 0 Å². The molecule has 0 saturated carbocycles. The molecule has 1 saturated heterocycles. The van der Waals surface area contributed by atoms with Crippen LogP contribution in [0.1, 0.15) is 22.7 Å². The number of ketones is 1. The van der Waals surface area contributed by atoms with Crippen molar-refractivity contribution in [2.45, 2.75) is 12.6 Å². The van der Waals surface area contributed by atoms with Crippen molar-refractivity contribution in [3.05, 3.63) is 95.3 Å². The second-order valence-electron chi connectivity index (χ2n) is 8.00. The molecule has 1 aliphatic heterocycles. The van der Waals surface area contributed by atoms with Crippen molar-refractivity contribution in [2.24, 2.45) is 0 Å². The Labute approximate surface area is 192 Å². The number of hydrogen-bond acceptors (Lipinski definition) is 6. The van der Waals surface area contributed by atoms with Gasteiger partial charge in [0.25, 0.3) is 11.7 Å². The third-order valence-electron chi connectivity index (χ3n) is 5.71. The highest BCUT2D eigenvalue weighted by Crippen LogP contribution is 2.41. The number of methoxy groups -OCH3 is 1. The quantitative estimate of drug-likeness (QED) is 0.355. The van der Waals surface area contributed by atoms with Gasteiger partial charge < -0.3 is 19.6 Å². The summed E-state index contributed by atoms with van der Waals surface area (Å²) >= 11 is 0. The number of hydrogen-bond donors (Lipinski definition) is 1. The summed E-state index contributed by atoms with van der Waals surface area (Å²) in [6.07, 6.45) is 3.28. The number of likely N-dealkylation sites (tertiary alicyclic amines) is 1. The van der Waals surface area contributed by atoms with Crippen molar-refractivity contribution in [3.8, 4) is 5.75 Å². The molecule has 1 aliphatic rings. The SMILES string of the molecule is COc1cccc(/C(O)=C2\C(=O)C(=O)N(Cc3ccncc3)C2c2ccc(N(C)C)cc2)c1. The maximum absolute atomic E-state index is 13.2. The minimum atomic E-state index is -0.736. The van der Waals surface area contributed by atoms with Crippen LogP contribution in [0, 0.1) is 0 Å². The number of rotatable bonds is 6. The molecule has 0 spiro atoms. The first kappa shape index (κ1) is 22.1. The molecule has 0 radical (unpaired) electrons. The fourth-order valence-corrected chi connectivity index (χ4v) is 3.96. The summed E-state index contributed by atoms with van der Waals surface area (Å²) in [6.45, 7) is 0.210. The van der Waals surface area contributed by atoms with E-state index in [1.54, 1.807) is 48.8 Å². The molecule has 1 fully saturated rings. The van der Waals surface area contributed by atoms with E-state index < -0.39 is 17.7 Å². The van der Waals surface area contributed by atoms with Crippen LogP contribution in [-0.2, 0) is 16.1 Å². The first-order chi connectivity index (χ1) is 15.9. The molecule has 2 heterocycles. The third-order valence-corrected chi connectivity index (χ3v) is 5.71. The lowest BCUT2D eigenvalue weighted by Crippen LogP contribution is -2.29. The lowest BCUT2D eigenvalue weighted by Gasteiger charge is -2.26. The average molecular weight is 444 g/mol. The minimum absolute atomic E-state index is 0.0555. The Balaban J connectivity index is 1.85. The normalized spacial score (nSPS) is 17.3. The molecule has 4 rings (SSSR count). The molecule has 3 aromatic rings. The van der Waals surface area contributed by atoms with Crippen LogP contribution in [0.2, 0.25) is 0 Å². The molecule has 168 valence electrons. The summed E-state index contributed by atoms with van der Waals surface area (Å²) in [4.78, 5) is 33.8. The van der Waals surface area contributed by atoms with Crippen LogP contribution in [0.4, 0.5) is 5.69 Å². The Morgan fingerprint density at radius 3 is 2.39 bits per heavy atom. The van der Waals surface area contributed by atoms with Gasteiger partial charge in [-0.3, -0.25) is 14.6 Å². The van der Waals surface area contributed by atoms with Crippen molar-refractivity contribution >= 4 is 23.1 Å². The van der Waals surface area contributed by atoms with Gasteiger partial charge >= 0.3 is 0 Å². The monoisotopic (exact) mass is 443 g/mol. The number of Topliss-reactive ketones (excluding diaryl/α,β-unsaturated/α-hetero) is 1. The van der Waals surface area contributed by atoms with Gasteiger partial charge in [-0.05, 0) is 47.5 Å². The van der Waals surface area contributed by atoms with E-state index >= 15 is 0 Å². The predicted octanol–water partition coefficient (Wildman–Crippen LogP) is 3.78. The molecule has 1 atom stereocenters. The van der Waals surface area contributed by atoms with E-state index in [0.29, 0.717) is 11.3 Å². The van der Waals surface area contributed by atoms with Crippen molar-refractivity contribution < 1.29 is 19.4 Å². The lowest BCUT2D eigenvalue weighted by molar-refractivity contribution is -0.140. The van der Waals surface area contributed by atoms with E-state index in [2.05, 4.69) is 4.98 Å². The van der Waals surface area contributed by atoms with E-state index in [1.807, 2.05) is 43.3 Å². The number of benzene rings is 2. The van der Waals surface area contributed by atoms with E-state index in [0.717, 1.165) is 16.8 Å². The van der Waals surface area contributed by atoms with Crippen molar-refractivity contribution in [1.29, 1.82) is 0 Å². The zero-order valence-corrected chi connectivity index (χ0v) is 18.7. The lowest BCUT2D eigenvalue weighted by atomic mass is 9.95. The van der Waals surface area contributed by atoms with Gasteiger partial charge in [-0.1, -0.05) is 24.3 Å². The highest BCUT2D eigenvalue weighted by Gasteiger charge is 2.46. The van der Waals surface area contributed by atoms with Gasteiger partial charge in [-0.2, -0.15) is 0 Å². The van der Waals surface area contributed by atoms with Crippen LogP contribution < -0.4 is 9.64 Å². The summed E-state index contributed by atoms with van der Waals surface area (Å²) in [5.74, 6) is -1.06. The third kappa shape index (κ3) is 4.30. The fourth-order valence-electron chi connectivity index (χ4n) is 3.96. The summed E-state index contributed by atoms with van der Waals surface area (Å²) < 4.78 is 5.26. The van der Waals surface area contributed by atoms with Crippen molar-refractivity contribution in [3.63, 3.8) is 0 Å². The molecular weight excluding hydrogens is 418 g/mol.